The lowest BCUT2D eigenvalue weighted by Crippen LogP contribution is -2.54. The van der Waals surface area contributed by atoms with E-state index in [-0.39, 0.29) is 40.2 Å². The molecule has 1 aromatic carbocycles. The summed E-state index contributed by atoms with van der Waals surface area (Å²) in [5.41, 5.74) is 0.0638. The molecule has 0 saturated carbocycles. The first-order chi connectivity index (χ1) is 17.2. The Kier molecular flexibility index (Phi) is 8.30. The predicted octanol–water partition coefficient (Wildman–Crippen LogP) is 2.40. The SMILES string of the molecule is CC(=O)N1CCN(C(=O)CSc2nc(Cl)cc(N3CCN(C(=O)c4ccccc4F)C(C)C3)n2)CC1. The number of piperazine rings is 2. The maximum Gasteiger partial charge on any atom is 0.257 e. The zero-order chi connectivity index (χ0) is 25.8. The van der Waals surface area contributed by atoms with Crippen LogP contribution in [0.2, 0.25) is 5.15 Å². The van der Waals surface area contributed by atoms with Gasteiger partial charge in [-0.15, -0.1) is 0 Å². The van der Waals surface area contributed by atoms with E-state index in [0.29, 0.717) is 56.8 Å². The number of anilines is 1. The number of hydrogen-bond acceptors (Lipinski definition) is 7. The average molecular weight is 535 g/mol. The lowest BCUT2D eigenvalue weighted by molar-refractivity contribution is -0.136. The molecule has 1 aromatic heterocycles. The van der Waals surface area contributed by atoms with E-state index < -0.39 is 5.82 Å². The largest absolute Gasteiger partial charge is 0.353 e. The molecule has 9 nitrogen and oxygen atoms in total. The van der Waals surface area contributed by atoms with Crippen molar-refractivity contribution in [2.45, 2.75) is 25.0 Å². The second kappa shape index (κ2) is 11.4. The first-order valence-electron chi connectivity index (χ1n) is 11.7. The number of amides is 3. The van der Waals surface area contributed by atoms with E-state index in [4.69, 9.17) is 11.6 Å². The van der Waals surface area contributed by atoms with Gasteiger partial charge in [-0.25, -0.2) is 14.4 Å². The van der Waals surface area contributed by atoms with Crippen LogP contribution >= 0.6 is 23.4 Å². The van der Waals surface area contributed by atoms with Gasteiger partial charge >= 0.3 is 0 Å². The van der Waals surface area contributed by atoms with Crippen molar-refractivity contribution in [1.29, 1.82) is 0 Å². The summed E-state index contributed by atoms with van der Waals surface area (Å²) >= 11 is 7.48. The van der Waals surface area contributed by atoms with Gasteiger partial charge in [0.2, 0.25) is 11.8 Å². The Bertz CT molecular complexity index is 1150. The minimum atomic E-state index is -0.531. The second-order valence-electron chi connectivity index (χ2n) is 8.78. The third-order valence-corrected chi connectivity index (χ3v) is 7.41. The van der Waals surface area contributed by atoms with E-state index in [2.05, 4.69) is 9.97 Å². The summed E-state index contributed by atoms with van der Waals surface area (Å²) in [5, 5.41) is 0.660. The highest BCUT2D eigenvalue weighted by Crippen LogP contribution is 2.25. The fourth-order valence-electron chi connectivity index (χ4n) is 4.36. The minimum Gasteiger partial charge on any atom is -0.353 e. The summed E-state index contributed by atoms with van der Waals surface area (Å²) in [6.45, 7) is 6.93. The van der Waals surface area contributed by atoms with Gasteiger partial charge < -0.3 is 19.6 Å². The van der Waals surface area contributed by atoms with Crippen molar-refractivity contribution in [3.8, 4) is 0 Å². The van der Waals surface area contributed by atoms with Gasteiger partial charge in [0.1, 0.15) is 16.8 Å². The third kappa shape index (κ3) is 6.07. The van der Waals surface area contributed by atoms with Gasteiger partial charge in [-0.2, -0.15) is 0 Å². The number of benzene rings is 1. The molecule has 1 unspecified atom stereocenters. The minimum absolute atomic E-state index is 0.0167. The molecule has 36 heavy (non-hydrogen) atoms. The first-order valence-corrected chi connectivity index (χ1v) is 13.1. The Labute approximate surface area is 218 Å². The van der Waals surface area contributed by atoms with Gasteiger partial charge in [0.25, 0.3) is 5.91 Å². The number of rotatable bonds is 5. The summed E-state index contributed by atoms with van der Waals surface area (Å²) in [5.74, 6) is -0.104. The van der Waals surface area contributed by atoms with Crippen LogP contribution in [0.5, 0.6) is 0 Å². The first kappa shape index (κ1) is 26.2. The molecular weight excluding hydrogens is 507 g/mol. The number of aromatic nitrogens is 2. The van der Waals surface area contributed by atoms with Crippen molar-refractivity contribution in [2.75, 3.05) is 56.5 Å². The monoisotopic (exact) mass is 534 g/mol. The van der Waals surface area contributed by atoms with Crippen LogP contribution in [0.1, 0.15) is 24.2 Å². The number of halogens is 2. The van der Waals surface area contributed by atoms with E-state index >= 15 is 0 Å². The maximum absolute atomic E-state index is 14.1. The molecule has 0 bridgehead atoms. The Morgan fingerprint density at radius 1 is 1.06 bits per heavy atom. The quantitative estimate of drug-likeness (QED) is 0.330. The lowest BCUT2D eigenvalue weighted by atomic mass is 10.1. The van der Waals surface area contributed by atoms with Crippen molar-refractivity contribution in [3.05, 3.63) is 46.9 Å². The summed E-state index contributed by atoms with van der Waals surface area (Å²) in [6, 6.07) is 7.48. The average Bonchev–Trinajstić information content (AvgIpc) is 2.87. The zero-order valence-corrected chi connectivity index (χ0v) is 21.8. The molecule has 4 rings (SSSR count). The summed E-state index contributed by atoms with van der Waals surface area (Å²) in [7, 11) is 0. The molecule has 12 heteroatoms. The zero-order valence-electron chi connectivity index (χ0n) is 20.2. The molecule has 3 heterocycles. The van der Waals surface area contributed by atoms with E-state index in [1.54, 1.807) is 32.9 Å². The number of hydrogen-bond donors (Lipinski definition) is 0. The van der Waals surface area contributed by atoms with Gasteiger partial charge in [0, 0.05) is 64.8 Å². The molecule has 0 spiro atoms. The van der Waals surface area contributed by atoms with Crippen LogP contribution in [-0.4, -0.2) is 100.0 Å². The van der Waals surface area contributed by atoms with Crippen LogP contribution in [0.15, 0.2) is 35.5 Å². The van der Waals surface area contributed by atoms with Crippen LogP contribution in [0.3, 0.4) is 0 Å². The van der Waals surface area contributed by atoms with Crippen molar-refractivity contribution in [3.63, 3.8) is 0 Å². The fourth-order valence-corrected chi connectivity index (χ4v) is 5.34. The highest BCUT2D eigenvalue weighted by Gasteiger charge is 2.30. The molecule has 3 amide bonds. The standard InChI is InChI=1S/C24H28ClFN6O3S/c1-16-14-31(11-12-32(16)23(35)18-5-3-4-6-19(18)26)21-13-20(25)27-24(28-21)36-15-22(34)30-9-7-29(8-10-30)17(2)33/h3-6,13,16H,7-12,14-15H2,1-2H3. The van der Waals surface area contributed by atoms with E-state index in [1.807, 2.05) is 11.8 Å². The molecule has 192 valence electrons. The molecule has 1 atom stereocenters. The molecule has 0 N–H and O–H groups in total. The molecular formula is C24H28ClFN6O3S. The van der Waals surface area contributed by atoms with Crippen molar-refractivity contribution >= 4 is 46.9 Å². The topological polar surface area (TPSA) is 90.0 Å². The Hall–Kier alpha value is -2.92. The number of carbonyl (C=O) groups is 3. The highest BCUT2D eigenvalue weighted by atomic mass is 35.5. The fraction of sp³-hybridized carbons (Fsp3) is 0.458. The Morgan fingerprint density at radius 2 is 1.75 bits per heavy atom. The Balaban J connectivity index is 1.35. The van der Waals surface area contributed by atoms with Gasteiger partial charge in [-0.05, 0) is 19.1 Å². The van der Waals surface area contributed by atoms with Gasteiger partial charge in [-0.3, -0.25) is 14.4 Å². The summed E-state index contributed by atoms with van der Waals surface area (Å²) in [6.07, 6.45) is 0. The van der Waals surface area contributed by atoms with Gasteiger partial charge in [-0.1, -0.05) is 35.5 Å². The van der Waals surface area contributed by atoms with Crippen LogP contribution < -0.4 is 4.90 Å². The second-order valence-corrected chi connectivity index (χ2v) is 10.1. The van der Waals surface area contributed by atoms with Gasteiger partial charge in [0.15, 0.2) is 5.16 Å². The molecule has 2 aromatic rings. The summed E-state index contributed by atoms with van der Waals surface area (Å²) < 4.78 is 14.1. The van der Waals surface area contributed by atoms with E-state index in [9.17, 15) is 18.8 Å². The van der Waals surface area contributed by atoms with Crippen LogP contribution in [0.4, 0.5) is 10.2 Å². The van der Waals surface area contributed by atoms with E-state index in [0.717, 1.165) is 0 Å². The maximum atomic E-state index is 14.1. The van der Waals surface area contributed by atoms with E-state index in [1.165, 1.54) is 30.8 Å². The lowest BCUT2D eigenvalue weighted by Gasteiger charge is -2.40. The van der Waals surface area contributed by atoms with Crippen molar-refractivity contribution in [2.24, 2.45) is 0 Å². The molecule has 0 radical (unpaired) electrons. The predicted molar refractivity (Wildman–Crippen MR) is 136 cm³/mol. The smallest absolute Gasteiger partial charge is 0.257 e. The molecule has 2 aliphatic rings. The van der Waals surface area contributed by atoms with Crippen LogP contribution in [0, 0.1) is 5.82 Å². The molecule has 0 aliphatic carbocycles. The summed E-state index contributed by atoms with van der Waals surface area (Å²) in [4.78, 5) is 53.0. The van der Waals surface area contributed by atoms with Crippen molar-refractivity contribution in [1.82, 2.24) is 24.7 Å². The number of nitrogens with zero attached hydrogens (tertiary/aromatic N) is 6. The van der Waals surface area contributed by atoms with Crippen molar-refractivity contribution < 1.29 is 18.8 Å². The Morgan fingerprint density at radius 3 is 2.42 bits per heavy atom. The molecule has 2 saturated heterocycles. The highest BCUT2D eigenvalue weighted by molar-refractivity contribution is 7.99. The number of carbonyl (C=O) groups excluding carboxylic acids is 3. The van der Waals surface area contributed by atoms with Gasteiger partial charge in [0.05, 0.1) is 11.3 Å². The molecule has 2 fully saturated rings. The third-order valence-electron chi connectivity index (χ3n) is 6.38. The molecule has 2 aliphatic heterocycles. The van der Waals surface area contributed by atoms with Crippen LogP contribution in [-0.2, 0) is 9.59 Å². The van der Waals surface area contributed by atoms with Crippen LogP contribution in [0.25, 0.3) is 0 Å². The number of thioether (sulfide) groups is 1. The normalized spacial score (nSPS) is 18.4.